The quantitative estimate of drug-likeness (QED) is 0.660. The van der Waals surface area contributed by atoms with Gasteiger partial charge in [-0.3, -0.25) is 0 Å². The predicted molar refractivity (Wildman–Crippen MR) is 90.8 cm³/mol. The van der Waals surface area contributed by atoms with Crippen LogP contribution in [0.2, 0.25) is 0 Å². The summed E-state index contributed by atoms with van der Waals surface area (Å²) in [5.41, 5.74) is 12.3. The standard InChI is InChI=1S/C19H18N2/c1-14-11-16(20)13-17(12-14)21-19-10-6-5-9-18(19)15-7-3-2-4-8-15/h2-13,21H,20H2,1H3. The molecule has 3 N–H and O–H groups in total. The lowest BCUT2D eigenvalue weighted by atomic mass is 10.0. The number of aryl methyl sites for hydroxylation is 1. The van der Waals surface area contributed by atoms with Crippen molar-refractivity contribution in [1.29, 1.82) is 0 Å². The number of hydrogen-bond donors (Lipinski definition) is 2. The van der Waals surface area contributed by atoms with E-state index in [1.165, 1.54) is 11.1 Å². The third-order valence-corrected chi connectivity index (χ3v) is 3.39. The van der Waals surface area contributed by atoms with E-state index in [0.717, 1.165) is 22.6 Å². The normalized spacial score (nSPS) is 10.3. The molecule has 21 heavy (non-hydrogen) atoms. The van der Waals surface area contributed by atoms with Crippen LogP contribution in [-0.4, -0.2) is 0 Å². The molecule has 0 aliphatic carbocycles. The van der Waals surface area contributed by atoms with E-state index < -0.39 is 0 Å². The number of benzene rings is 3. The molecule has 0 saturated heterocycles. The maximum Gasteiger partial charge on any atom is 0.0463 e. The molecule has 0 radical (unpaired) electrons. The van der Waals surface area contributed by atoms with Crippen molar-refractivity contribution in [3.63, 3.8) is 0 Å². The number of nitrogen functional groups attached to an aromatic ring is 1. The van der Waals surface area contributed by atoms with Crippen molar-refractivity contribution in [3.8, 4) is 11.1 Å². The Labute approximate surface area is 125 Å². The van der Waals surface area contributed by atoms with Gasteiger partial charge >= 0.3 is 0 Å². The summed E-state index contributed by atoms with van der Waals surface area (Å²) < 4.78 is 0. The zero-order valence-corrected chi connectivity index (χ0v) is 12.0. The van der Waals surface area contributed by atoms with Crippen molar-refractivity contribution < 1.29 is 0 Å². The fourth-order valence-corrected chi connectivity index (χ4v) is 2.50. The van der Waals surface area contributed by atoms with Crippen LogP contribution in [0.1, 0.15) is 5.56 Å². The number of rotatable bonds is 3. The molecule has 0 aliphatic heterocycles. The van der Waals surface area contributed by atoms with Gasteiger partial charge in [0.05, 0.1) is 0 Å². The lowest BCUT2D eigenvalue weighted by Gasteiger charge is -2.13. The third kappa shape index (κ3) is 3.06. The van der Waals surface area contributed by atoms with Crippen molar-refractivity contribution in [2.75, 3.05) is 11.1 Å². The summed E-state index contributed by atoms with van der Waals surface area (Å²) in [7, 11) is 0. The summed E-state index contributed by atoms with van der Waals surface area (Å²) in [6.07, 6.45) is 0. The first-order valence-corrected chi connectivity index (χ1v) is 7.01. The molecule has 0 amide bonds. The second-order valence-corrected chi connectivity index (χ2v) is 5.17. The van der Waals surface area contributed by atoms with Crippen molar-refractivity contribution in [2.24, 2.45) is 0 Å². The minimum Gasteiger partial charge on any atom is -0.399 e. The molecule has 0 aliphatic rings. The topological polar surface area (TPSA) is 38.0 Å². The maximum absolute atomic E-state index is 5.92. The Kier molecular flexibility index (Phi) is 3.61. The number of anilines is 3. The smallest absolute Gasteiger partial charge is 0.0463 e. The SMILES string of the molecule is Cc1cc(N)cc(Nc2ccccc2-c2ccccc2)c1. The monoisotopic (exact) mass is 274 g/mol. The van der Waals surface area contributed by atoms with Crippen LogP contribution < -0.4 is 11.1 Å². The predicted octanol–water partition coefficient (Wildman–Crippen LogP) is 4.99. The van der Waals surface area contributed by atoms with Gasteiger partial charge in [0.15, 0.2) is 0 Å². The molecule has 0 spiro atoms. The van der Waals surface area contributed by atoms with Gasteiger partial charge in [0.2, 0.25) is 0 Å². The van der Waals surface area contributed by atoms with Gasteiger partial charge < -0.3 is 11.1 Å². The largest absolute Gasteiger partial charge is 0.399 e. The Morgan fingerprint density at radius 2 is 1.52 bits per heavy atom. The Balaban J connectivity index is 2.00. The van der Waals surface area contributed by atoms with E-state index in [-0.39, 0.29) is 0 Å². The van der Waals surface area contributed by atoms with Crippen LogP contribution in [0.15, 0.2) is 72.8 Å². The molecule has 3 aromatic carbocycles. The van der Waals surface area contributed by atoms with Gasteiger partial charge in [-0.05, 0) is 42.3 Å². The van der Waals surface area contributed by atoms with Crippen molar-refractivity contribution in [1.82, 2.24) is 0 Å². The van der Waals surface area contributed by atoms with Crippen LogP contribution in [0.5, 0.6) is 0 Å². The number of nitrogens with one attached hydrogen (secondary N) is 1. The van der Waals surface area contributed by atoms with E-state index in [2.05, 4.69) is 53.8 Å². The highest BCUT2D eigenvalue weighted by molar-refractivity contribution is 5.81. The minimum atomic E-state index is 0.773. The van der Waals surface area contributed by atoms with Crippen LogP contribution >= 0.6 is 0 Å². The molecule has 0 aromatic heterocycles. The Morgan fingerprint density at radius 1 is 0.810 bits per heavy atom. The lowest BCUT2D eigenvalue weighted by Crippen LogP contribution is -1.95. The van der Waals surface area contributed by atoms with Crippen LogP contribution in [0.4, 0.5) is 17.1 Å². The molecule has 0 fully saturated rings. The average Bonchev–Trinajstić information content (AvgIpc) is 2.48. The average molecular weight is 274 g/mol. The zero-order valence-electron chi connectivity index (χ0n) is 12.0. The maximum atomic E-state index is 5.92. The van der Waals surface area contributed by atoms with E-state index in [1.807, 2.05) is 31.2 Å². The second kappa shape index (κ2) is 5.71. The van der Waals surface area contributed by atoms with Gasteiger partial charge in [-0.15, -0.1) is 0 Å². The molecule has 0 atom stereocenters. The van der Waals surface area contributed by atoms with Gasteiger partial charge in [-0.2, -0.15) is 0 Å². The van der Waals surface area contributed by atoms with E-state index in [4.69, 9.17) is 5.73 Å². The number of hydrogen-bond acceptors (Lipinski definition) is 2. The number of nitrogens with two attached hydrogens (primary N) is 1. The highest BCUT2D eigenvalue weighted by Crippen LogP contribution is 2.30. The molecule has 104 valence electrons. The van der Waals surface area contributed by atoms with E-state index in [0.29, 0.717) is 0 Å². The van der Waals surface area contributed by atoms with E-state index >= 15 is 0 Å². The van der Waals surface area contributed by atoms with Crippen LogP contribution in [0.25, 0.3) is 11.1 Å². The fraction of sp³-hybridized carbons (Fsp3) is 0.0526. The van der Waals surface area contributed by atoms with Crippen molar-refractivity contribution in [3.05, 3.63) is 78.4 Å². The Bertz CT molecular complexity index is 728. The Morgan fingerprint density at radius 3 is 2.29 bits per heavy atom. The highest BCUT2D eigenvalue weighted by atomic mass is 14.9. The van der Waals surface area contributed by atoms with E-state index in [1.54, 1.807) is 0 Å². The first kappa shape index (κ1) is 13.3. The molecule has 0 heterocycles. The van der Waals surface area contributed by atoms with Crippen LogP contribution in [0.3, 0.4) is 0 Å². The van der Waals surface area contributed by atoms with Gasteiger partial charge in [-0.1, -0.05) is 48.5 Å². The molecular weight excluding hydrogens is 256 g/mol. The molecule has 2 nitrogen and oxygen atoms in total. The number of para-hydroxylation sites is 1. The van der Waals surface area contributed by atoms with Crippen molar-refractivity contribution in [2.45, 2.75) is 6.92 Å². The molecule has 3 aromatic rings. The second-order valence-electron chi connectivity index (χ2n) is 5.17. The summed E-state index contributed by atoms with van der Waals surface area (Å²) in [5.74, 6) is 0. The fourth-order valence-electron chi connectivity index (χ4n) is 2.50. The first-order valence-electron chi connectivity index (χ1n) is 7.01. The van der Waals surface area contributed by atoms with Gasteiger partial charge in [-0.25, -0.2) is 0 Å². The molecule has 0 bridgehead atoms. The summed E-state index contributed by atoms with van der Waals surface area (Å²) in [5, 5.41) is 3.47. The van der Waals surface area contributed by atoms with Crippen LogP contribution in [-0.2, 0) is 0 Å². The van der Waals surface area contributed by atoms with Gasteiger partial charge in [0.1, 0.15) is 0 Å². The summed E-state index contributed by atoms with van der Waals surface area (Å²) >= 11 is 0. The minimum absolute atomic E-state index is 0.773. The lowest BCUT2D eigenvalue weighted by molar-refractivity contribution is 1.45. The molecule has 2 heteroatoms. The first-order chi connectivity index (χ1) is 10.2. The highest BCUT2D eigenvalue weighted by Gasteiger charge is 2.05. The van der Waals surface area contributed by atoms with Crippen LogP contribution in [0, 0.1) is 6.92 Å². The van der Waals surface area contributed by atoms with Gasteiger partial charge in [0, 0.05) is 22.6 Å². The Hall–Kier alpha value is -2.74. The van der Waals surface area contributed by atoms with Gasteiger partial charge in [0.25, 0.3) is 0 Å². The third-order valence-electron chi connectivity index (χ3n) is 3.39. The summed E-state index contributed by atoms with van der Waals surface area (Å²) in [4.78, 5) is 0. The molecular formula is C19H18N2. The summed E-state index contributed by atoms with van der Waals surface area (Å²) in [6, 6.07) is 24.7. The van der Waals surface area contributed by atoms with E-state index in [9.17, 15) is 0 Å². The van der Waals surface area contributed by atoms with Crippen molar-refractivity contribution >= 4 is 17.1 Å². The zero-order chi connectivity index (χ0) is 14.7. The molecule has 3 rings (SSSR count). The molecule has 0 saturated carbocycles. The molecule has 0 unspecified atom stereocenters. The summed E-state index contributed by atoms with van der Waals surface area (Å²) in [6.45, 7) is 2.05.